The first-order valence-electron chi connectivity index (χ1n) is 9.47. The fourth-order valence-corrected chi connectivity index (χ4v) is 4.23. The molecule has 0 saturated heterocycles. The standard InChI is InChI=1S/C20H31N3O2/c1-23(2)10-11-25-18-8-6-17(7-9-18)22-20(24)16-12-14-4-3-5-15(13-16)19(14)21/h6-9,14-16,19H,3-5,10-13,21H2,1-2H3,(H,22,24). The minimum Gasteiger partial charge on any atom is -0.492 e. The summed E-state index contributed by atoms with van der Waals surface area (Å²) in [5.41, 5.74) is 7.16. The van der Waals surface area contributed by atoms with Crippen LogP contribution in [0.25, 0.3) is 0 Å². The highest BCUT2D eigenvalue weighted by Gasteiger charge is 2.40. The number of rotatable bonds is 6. The molecule has 5 heteroatoms. The summed E-state index contributed by atoms with van der Waals surface area (Å²) in [6.07, 6.45) is 5.51. The van der Waals surface area contributed by atoms with E-state index in [0.29, 0.717) is 24.5 Å². The predicted octanol–water partition coefficient (Wildman–Crippen LogP) is 2.72. The number of fused-ring (bicyclic) bond motifs is 2. The molecule has 2 aliphatic rings. The van der Waals surface area contributed by atoms with Crippen LogP contribution in [0.1, 0.15) is 32.1 Å². The Balaban J connectivity index is 1.51. The van der Waals surface area contributed by atoms with Crippen molar-refractivity contribution in [3.63, 3.8) is 0 Å². The van der Waals surface area contributed by atoms with Gasteiger partial charge in [-0.15, -0.1) is 0 Å². The van der Waals surface area contributed by atoms with Crippen molar-refractivity contribution in [3.05, 3.63) is 24.3 Å². The number of anilines is 1. The Morgan fingerprint density at radius 1 is 1.20 bits per heavy atom. The van der Waals surface area contributed by atoms with Gasteiger partial charge in [0.15, 0.2) is 0 Å². The zero-order valence-corrected chi connectivity index (χ0v) is 15.4. The third kappa shape index (κ3) is 4.73. The highest BCUT2D eigenvalue weighted by Crippen LogP contribution is 2.42. The summed E-state index contributed by atoms with van der Waals surface area (Å²) >= 11 is 0. The van der Waals surface area contributed by atoms with E-state index < -0.39 is 0 Å². The third-order valence-electron chi connectivity index (χ3n) is 5.71. The summed E-state index contributed by atoms with van der Waals surface area (Å²) in [5.74, 6) is 2.13. The van der Waals surface area contributed by atoms with Gasteiger partial charge < -0.3 is 20.7 Å². The molecule has 5 nitrogen and oxygen atoms in total. The quantitative estimate of drug-likeness (QED) is 0.832. The first-order chi connectivity index (χ1) is 12.0. The zero-order valence-electron chi connectivity index (χ0n) is 15.4. The molecule has 1 amide bonds. The summed E-state index contributed by atoms with van der Waals surface area (Å²) in [6.45, 7) is 1.54. The predicted molar refractivity (Wildman–Crippen MR) is 101 cm³/mol. The molecule has 0 aromatic heterocycles. The van der Waals surface area contributed by atoms with Gasteiger partial charge in [0.2, 0.25) is 5.91 Å². The average Bonchev–Trinajstić information content (AvgIpc) is 2.56. The van der Waals surface area contributed by atoms with Gasteiger partial charge >= 0.3 is 0 Å². The SMILES string of the molecule is CN(C)CCOc1ccc(NC(=O)C2CC3CCCC(C2)C3N)cc1. The highest BCUT2D eigenvalue weighted by molar-refractivity contribution is 5.92. The number of nitrogens with one attached hydrogen (secondary N) is 1. The molecule has 0 radical (unpaired) electrons. The van der Waals surface area contributed by atoms with Gasteiger partial charge in [-0.05, 0) is 75.9 Å². The Morgan fingerprint density at radius 2 is 1.84 bits per heavy atom. The van der Waals surface area contributed by atoms with Crippen molar-refractivity contribution >= 4 is 11.6 Å². The topological polar surface area (TPSA) is 67.6 Å². The van der Waals surface area contributed by atoms with E-state index >= 15 is 0 Å². The minimum atomic E-state index is 0.103. The number of ether oxygens (including phenoxy) is 1. The molecule has 0 aliphatic heterocycles. The number of nitrogens with zero attached hydrogens (tertiary/aromatic N) is 1. The smallest absolute Gasteiger partial charge is 0.227 e. The van der Waals surface area contributed by atoms with Crippen LogP contribution in [0.4, 0.5) is 5.69 Å². The van der Waals surface area contributed by atoms with E-state index in [4.69, 9.17) is 10.5 Å². The van der Waals surface area contributed by atoms with Gasteiger partial charge in [-0.1, -0.05) is 6.42 Å². The van der Waals surface area contributed by atoms with Crippen molar-refractivity contribution in [1.82, 2.24) is 4.90 Å². The van der Waals surface area contributed by atoms with E-state index in [2.05, 4.69) is 10.2 Å². The van der Waals surface area contributed by atoms with Crippen LogP contribution < -0.4 is 15.8 Å². The maximum Gasteiger partial charge on any atom is 0.227 e. The van der Waals surface area contributed by atoms with E-state index in [0.717, 1.165) is 30.8 Å². The first kappa shape index (κ1) is 18.2. The number of nitrogens with two attached hydrogens (primary N) is 1. The lowest BCUT2D eigenvalue weighted by molar-refractivity contribution is -0.122. The molecule has 2 unspecified atom stereocenters. The van der Waals surface area contributed by atoms with E-state index in [-0.39, 0.29) is 11.8 Å². The largest absolute Gasteiger partial charge is 0.492 e. The zero-order chi connectivity index (χ0) is 17.8. The lowest BCUT2D eigenvalue weighted by atomic mass is 9.65. The third-order valence-corrected chi connectivity index (χ3v) is 5.71. The average molecular weight is 345 g/mol. The summed E-state index contributed by atoms with van der Waals surface area (Å²) in [5, 5.41) is 3.07. The molecule has 1 aromatic carbocycles. The molecular formula is C20H31N3O2. The fraction of sp³-hybridized carbons (Fsp3) is 0.650. The van der Waals surface area contributed by atoms with Crippen molar-refractivity contribution in [1.29, 1.82) is 0 Å². The van der Waals surface area contributed by atoms with E-state index in [1.54, 1.807) is 0 Å². The van der Waals surface area contributed by atoms with Crippen molar-refractivity contribution in [2.45, 2.75) is 38.1 Å². The lowest BCUT2D eigenvalue weighted by Crippen LogP contribution is -2.48. The van der Waals surface area contributed by atoms with Crippen LogP contribution in [0, 0.1) is 17.8 Å². The molecule has 2 bridgehead atoms. The Morgan fingerprint density at radius 3 is 2.44 bits per heavy atom. The maximum atomic E-state index is 12.6. The maximum absolute atomic E-state index is 12.6. The summed E-state index contributed by atoms with van der Waals surface area (Å²) in [6, 6.07) is 7.96. The van der Waals surface area contributed by atoms with E-state index in [9.17, 15) is 4.79 Å². The molecule has 0 spiro atoms. The number of amides is 1. The molecule has 2 aliphatic carbocycles. The Bertz CT molecular complexity index is 559. The second-order valence-corrected chi connectivity index (χ2v) is 7.86. The molecule has 0 heterocycles. The number of carbonyl (C=O) groups excluding carboxylic acids is 1. The van der Waals surface area contributed by atoms with Gasteiger partial charge in [0, 0.05) is 24.2 Å². The second kappa shape index (κ2) is 8.19. The van der Waals surface area contributed by atoms with Crippen LogP contribution in [0.3, 0.4) is 0 Å². The number of likely N-dealkylation sites (N-methyl/N-ethyl adjacent to an activating group) is 1. The molecule has 2 saturated carbocycles. The van der Waals surface area contributed by atoms with Crippen LogP contribution >= 0.6 is 0 Å². The van der Waals surface area contributed by atoms with Crippen LogP contribution in [-0.2, 0) is 4.79 Å². The van der Waals surface area contributed by atoms with Gasteiger partial charge in [0.25, 0.3) is 0 Å². The Kier molecular flexibility index (Phi) is 5.97. The van der Waals surface area contributed by atoms with Gasteiger partial charge in [-0.2, -0.15) is 0 Å². The Labute approximate surface area is 150 Å². The van der Waals surface area contributed by atoms with Crippen LogP contribution in [0.2, 0.25) is 0 Å². The van der Waals surface area contributed by atoms with Crippen molar-refractivity contribution in [2.24, 2.45) is 23.5 Å². The number of hydrogen-bond acceptors (Lipinski definition) is 4. The second-order valence-electron chi connectivity index (χ2n) is 7.86. The highest BCUT2D eigenvalue weighted by atomic mass is 16.5. The van der Waals surface area contributed by atoms with E-state index in [1.165, 1.54) is 19.3 Å². The molecule has 3 N–H and O–H groups in total. The summed E-state index contributed by atoms with van der Waals surface area (Å²) in [4.78, 5) is 14.7. The number of carbonyl (C=O) groups is 1. The van der Waals surface area contributed by atoms with Crippen LogP contribution in [0.15, 0.2) is 24.3 Å². The summed E-state index contributed by atoms with van der Waals surface area (Å²) < 4.78 is 5.69. The Hall–Kier alpha value is -1.59. The molecule has 25 heavy (non-hydrogen) atoms. The van der Waals surface area contributed by atoms with Crippen LogP contribution in [0.5, 0.6) is 5.75 Å². The molecule has 138 valence electrons. The van der Waals surface area contributed by atoms with Gasteiger partial charge in [0.1, 0.15) is 12.4 Å². The molecule has 2 fully saturated rings. The fourth-order valence-electron chi connectivity index (χ4n) is 4.23. The van der Waals surface area contributed by atoms with E-state index in [1.807, 2.05) is 38.4 Å². The van der Waals surface area contributed by atoms with Gasteiger partial charge in [-0.25, -0.2) is 0 Å². The molecule has 2 atom stereocenters. The minimum absolute atomic E-state index is 0.103. The van der Waals surface area contributed by atoms with Gasteiger partial charge in [-0.3, -0.25) is 4.79 Å². The molecular weight excluding hydrogens is 314 g/mol. The lowest BCUT2D eigenvalue weighted by Gasteiger charge is -2.43. The number of benzene rings is 1. The van der Waals surface area contributed by atoms with Crippen molar-refractivity contribution < 1.29 is 9.53 Å². The van der Waals surface area contributed by atoms with Gasteiger partial charge in [0.05, 0.1) is 0 Å². The monoisotopic (exact) mass is 345 g/mol. The molecule has 1 aromatic rings. The number of hydrogen-bond donors (Lipinski definition) is 2. The van der Waals surface area contributed by atoms with Crippen LogP contribution in [-0.4, -0.2) is 44.1 Å². The molecule has 3 rings (SSSR count). The van der Waals surface area contributed by atoms with Crippen molar-refractivity contribution in [2.75, 3.05) is 32.6 Å². The van der Waals surface area contributed by atoms with Crippen molar-refractivity contribution in [3.8, 4) is 5.75 Å². The summed E-state index contributed by atoms with van der Waals surface area (Å²) in [7, 11) is 4.04. The first-order valence-corrected chi connectivity index (χ1v) is 9.47. The normalized spacial score (nSPS) is 28.6.